The summed E-state index contributed by atoms with van der Waals surface area (Å²) in [6.07, 6.45) is 0. The Kier molecular flexibility index (Phi) is 8.21. The standard InChI is InChI=1S/C63H39N3OS/c1-4-14-40(15-5-1)41-26-30-45(31-27-41)61-64-62(46-32-28-44(29-33-46)52-23-13-25-55-54-24-12-22-51(59(54)67-60(52)55)43-18-8-3-9-19-43)66-63(65-61)48-34-36-53-56-38-47(35-37-57(56)68-58(53)39-48)50-21-11-10-20-49(50)42-16-6-2-7-17-42/h1-39H/i34D,35D,36D,37D,38D,39D. The van der Waals surface area contributed by atoms with Crippen LogP contribution < -0.4 is 0 Å². The zero-order valence-corrected chi connectivity index (χ0v) is 37.0. The fraction of sp³-hybridized carbons (Fsp3) is 0. The minimum absolute atomic E-state index is 0.0294. The minimum atomic E-state index is -0.290. The molecule has 0 N–H and O–H groups in total. The largest absolute Gasteiger partial charge is 0.455 e. The van der Waals surface area contributed by atoms with Gasteiger partial charge in [-0.15, -0.1) is 11.3 Å². The summed E-state index contributed by atoms with van der Waals surface area (Å²) in [5.41, 5.74) is 11.6. The summed E-state index contributed by atoms with van der Waals surface area (Å²) < 4.78 is 64.6. The van der Waals surface area contributed by atoms with Gasteiger partial charge in [-0.25, -0.2) is 15.0 Å². The van der Waals surface area contributed by atoms with Gasteiger partial charge >= 0.3 is 0 Å². The number of hydrogen-bond acceptors (Lipinski definition) is 5. The lowest BCUT2D eigenvalue weighted by atomic mass is 9.94. The van der Waals surface area contributed by atoms with Crippen LogP contribution in [0.3, 0.4) is 0 Å². The molecule has 0 amide bonds. The van der Waals surface area contributed by atoms with Crippen molar-refractivity contribution in [1.29, 1.82) is 0 Å². The second-order valence-corrected chi connectivity index (χ2v) is 17.6. The molecular weight excluding hydrogens is 847 g/mol. The van der Waals surface area contributed by atoms with Gasteiger partial charge in [0, 0.05) is 58.8 Å². The number of nitrogens with zero attached hydrogens (tertiary/aromatic N) is 3. The molecule has 5 heteroatoms. The first-order valence-corrected chi connectivity index (χ1v) is 23.2. The lowest BCUT2D eigenvalue weighted by Crippen LogP contribution is -2.00. The van der Waals surface area contributed by atoms with E-state index in [1.54, 1.807) is 0 Å². The number of hydrogen-bond donors (Lipinski definition) is 0. The molecule has 13 rings (SSSR count). The Morgan fingerprint density at radius 2 is 0.721 bits per heavy atom. The summed E-state index contributed by atoms with van der Waals surface area (Å²) in [6, 6.07) is 64.9. The number of furan rings is 1. The third-order valence-electron chi connectivity index (χ3n) is 12.5. The van der Waals surface area contributed by atoms with E-state index in [1.165, 1.54) is 0 Å². The number of thiophene rings is 1. The average Bonchev–Trinajstić information content (AvgIpc) is 4.06. The fourth-order valence-corrected chi connectivity index (χ4v) is 10.1. The second kappa shape index (κ2) is 16.6. The molecule has 0 aliphatic carbocycles. The van der Waals surface area contributed by atoms with Gasteiger partial charge in [0.1, 0.15) is 11.2 Å². The quantitative estimate of drug-likeness (QED) is 0.152. The first-order valence-electron chi connectivity index (χ1n) is 25.3. The van der Waals surface area contributed by atoms with Crippen molar-refractivity contribution in [3.63, 3.8) is 0 Å². The Hall–Kier alpha value is -8.77. The Morgan fingerprint density at radius 1 is 0.294 bits per heavy atom. The fourth-order valence-electron chi connectivity index (χ4n) is 9.09. The van der Waals surface area contributed by atoms with Crippen molar-refractivity contribution in [2.75, 3.05) is 0 Å². The van der Waals surface area contributed by atoms with Crippen LogP contribution in [0.15, 0.2) is 241 Å². The molecule has 68 heavy (non-hydrogen) atoms. The Labute approximate surface area is 405 Å². The van der Waals surface area contributed by atoms with Crippen LogP contribution in [0.1, 0.15) is 8.22 Å². The van der Waals surface area contributed by atoms with Crippen LogP contribution in [-0.2, 0) is 0 Å². The predicted molar refractivity (Wildman–Crippen MR) is 283 cm³/mol. The lowest BCUT2D eigenvalue weighted by molar-refractivity contribution is 0.671. The third kappa shape index (κ3) is 7.05. The number of aromatic nitrogens is 3. The molecule has 0 saturated carbocycles. The average molecular weight is 892 g/mol. The third-order valence-corrected chi connectivity index (χ3v) is 13.5. The van der Waals surface area contributed by atoms with Gasteiger partial charge in [-0.2, -0.15) is 0 Å². The molecular formula is C63H39N3OS. The summed E-state index contributed by atoms with van der Waals surface area (Å²) in [7, 11) is 0. The maximum atomic E-state index is 9.80. The highest BCUT2D eigenvalue weighted by molar-refractivity contribution is 7.25. The summed E-state index contributed by atoms with van der Waals surface area (Å²) in [5, 5.41) is 2.54. The molecule has 0 radical (unpaired) electrons. The van der Waals surface area contributed by atoms with Gasteiger partial charge in [0.2, 0.25) is 0 Å². The summed E-state index contributed by atoms with van der Waals surface area (Å²) in [4.78, 5) is 15.0. The van der Waals surface area contributed by atoms with Crippen molar-refractivity contribution in [1.82, 2.24) is 15.0 Å². The SMILES string of the molecule is [2H]c1c(-c2ccccc2-c2ccccc2)c([2H])c2c(sc3c([2H])c(-c4nc(-c5ccc(-c6ccccc6)cc5)nc(-c5ccc(-c6cccc7c6oc6c(-c8ccccc8)cccc67)cc5)n4)c([2H])c([2H])c32)c1[2H]. The topological polar surface area (TPSA) is 51.8 Å². The molecule has 10 aromatic carbocycles. The molecule has 0 aliphatic rings. The highest BCUT2D eigenvalue weighted by Gasteiger charge is 2.18. The molecule has 4 nitrogen and oxygen atoms in total. The normalized spacial score (nSPS) is 12.8. The Bertz CT molecular complexity index is 4350. The zero-order chi connectivity index (χ0) is 50.2. The maximum Gasteiger partial charge on any atom is 0.164 e. The second-order valence-electron chi connectivity index (χ2n) is 16.6. The molecule has 0 aliphatic heterocycles. The van der Waals surface area contributed by atoms with Crippen LogP contribution in [0, 0.1) is 0 Å². The Morgan fingerprint density at radius 3 is 1.31 bits per heavy atom. The van der Waals surface area contributed by atoms with Crippen molar-refractivity contribution in [3.8, 4) is 89.8 Å². The monoisotopic (exact) mass is 891 g/mol. The smallest absolute Gasteiger partial charge is 0.164 e. The van der Waals surface area contributed by atoms with E-state index in [0.717, 1.165) is 77.8 Å². The van der Waals surface area contributed by atoms with Crippen molar-refractivity contribution in [2.45, 2.75) is 0 Å². The van der Waals surface area contributed by atoms with Gasteiger partial charge in [-0.05, 0) is 62.6 Å². The lowest BCUT2D eigenvalue weighted by Gasteiger charge is -2.11. The number of rotatable bonds is 8. The summed E-state index contributed by atoms with van der Waals surface area (Å²) >= 11 is 1.08. The van der Waals surface area contributed by atoms with Crippen LogP contribution in [0.25, 0.3) is 132 Å². The van der Waals surface area contributed by atoms with E-state index < -0.39 is 0 Å². The highest BCUT2D eigenvalue weighted by atomic mass is 32.1. The molecule has 318 valence electrons. The van der Waals surface area contributed by atoms with Crippen molar-refractivity contribution in [3.05, 3.63) is 236 Å². The van der Waals surface area contributed by atoms with E-state index in [1.807, 2.05) is 158 Å². The summed E-state index contributed by atoms with van der Waals surface area (Å²) in [5.74, 6) is 0.669. The molecule has 3 aromatic heterocycles. The van der Waals surface area contributed by atoms with E-state index in [2.05, 4.69) is 42.5 Å². The predicted octanol–water partition coefficient (Wildman–Crippen LogP) is 17.5. The molecule has 0 atom stereocenters. The van der Waals surface area contributed by atoms with E-state index >= 15 is 0 Å². The van der Waals surface area contributed by atoms with Gasteiger partial charge in [0.05, 0.1) is 8.22 Å². The van der Waals surface area contributed by atoms with Crippen LogP contribution in [-0.4, -0.2) is 15.0 Å². The minimum Gasteiger partial charge on any atom is -0.455 e. The first kappa shape index (κ1) is 33.7. The van der Waals surface area contributed by atoms with Gasteiger partial charge in [0.15, 0.2) is 17.5 Å². The number of para-hydroxylation sites is 2. The van der Waals surface area contributed by atoms with E-state index in [4.69, 9.17) is 19.4 Å². The van der Waals surface area contributed by atoms with Crippen LogP contribution in [0.4, 0.5) is 0 Å². The maximum absolute atomic E-state index is 9.80. The van der Waals surface area contributed by atoms with Crippen LogP contribution in [0.2, 0.25) is 0 Å². The molecule has 0 bridgehead atoms. The first-order chi connectivity index (χ1) is 36.2. The molecule has 0 fully saturated rings. The Balaban J connectivity index is 0.961. The van der Waals surface area contributed by atoms with Crippen molar-refractivity contribution >= 4 is 53.4 Å². The molecule has 0 saturated heterocycles. The number of benzene rings is 10. The number of fused-ring (bicyclic) bond motifs is 6. The van der Waals surface area contributed by atoms with Gasteiger partial charge in [-0.1, -0.05) is 218 Å². The van der Waals surface area contributed by atoms with Gasteiger partial charge < -0.3 is 4.42 Å². The van der Waals surface area contributed by atoms with Crippen LogP contribution in [0.5, 0.6) is 0 Å². The van der Waals surface area contributed by atoms with E-state index in [9.17, 15) is 8.22 Å². The molecule has 0 unspecified atom stereocenters. The van der Waals surface area contributed by atoms with Gasteiger partial charge in [0.25, 0.3) is 0 Å². The van der Waals surface area contributed by atoms with Gasteiger partial charge in [-0.3, -0.25) is 0 Å². The molecule has 0 spiro atoms. The molecule has 3 heterocycles. The van der Waals surface area contributed by atoms with E-state index in [-0.39, 0.29) is 64.0 Å². The summed E-state index contributed by atoms with van der Waals surface area (Å²) in [6.45, 7) is 0. The van der Waals surface area contributed by atoms with E-state index in [0.29, 0.717) is 37.7 Å². The zero-order valence-electron chi connectivity index (χ0n) is 42.2. The van der Waals surface area contributed by atoms with Crippen LogP contribution >= 0.6 is 11.3 Å². The van der Waals surface area contributed by atoms with Crippen molar-refractivity contribution in [2.24, 2.45) is 0 Å². The molecule has 13 aromatic rings. The highest BCUT2D eigenvalue weighted by Crippen LogP contribution is 2.42. The van der Waals surface area contributed by atoms with Crippen molar-refractivity contribution < 1.29 is 12.6 Å².